The summed E-state index contributed by atoms with van der Waals surface area (Å²) in [5.74, 6) is 0. The SMILES string of the molecule is C[O-].[K+].[Mg+2].[OH-].[OH-]. The monoisotopic (exact) mass is 128 g/mol. The van der Waals surface area contributed by atoms with E-state index in [1.807, 2.05) is 0 Å². The summed E-state index contributed by atoms with van der Waals surface area (Å²) in [5, 5.41) is 8.25. The van der Waals surface area contributed by atoms with Crippen LogP contribution < -0.4 is 56.5 Å². The summed E-state index contributed by atoms with van der Waals surface area (Å²) in [5.41, 5.74) is 0. The van der Waals surface area contributed by atoms with Crippen LogP contribution >= 0.6 is 0 Å². The van der Waals surface area contributed by atoms with Crippen LogP contribution in [0.3, 0.4) is 0 Å². The van der Waals surface area contributed by atoms with Crippen LogP contribution in [0.2, 0.25) is 0 Å². The van der Waals surface area contributed by atoms with Gasteiger partial charge in [0.2, 0.25) is 0 Å². The van der Waals surface area contributed by atoms with Crippen molar-refractivity contribution in [2.75, 3.05) is 7.11 Å². The molecule has 0 aromatic carbocycles. The van der Waals surface area contributed by atoms with E-state index in [0.717, 1.165) is 7.11 Å². The van der Waals surface area contributed by atoms with Crippen molar-refractivity contribution in [3.05, 3.63) is 0 Å². The van der Waals surface area contributed by atoms with Crippen LogP contribution in [0.4, 0.5) is 0 Å². The first-order chi connectivity index (χ1) is 1.00. The number of rotatable bonds is 0. The standard InChI is InChI=1S/CH3O.K.Mg.2H2O/c1-2;;;;/h1H3;;;2*1H2/q-1;+1;+2;;/p-2. The van der Waals surface area contributed by atoms with Gasteiger partial charge in [-0.2, -0.15) is 7.11 Å². The van der Waals surface area contributed by atoms with Gasteiger partial charge >= 0.3 is 74.4 Å². The van der Waals surface area contributed by atoms with Crippen molar-refractivity contribution < 1.29 is 67.4 Å². The zero-order valence-electron chi connectivity index (χ0n) is 4.01. The average molecular weight is 128 g/mol. The maximum absolute atomic E-state index is 8.25. The van der Waals surface area contributed by atoms with E-state index >= 15 is 0 Å². The maximum atomic E-state index is 8.25. The molecule has 2 N–H and O–H groups in total. The first-order valence-corrected chi connectivity index (χ1v) is 0.408. The van der Waals surface area contributed by atoms with E-state index in [-0.39, 0.29) is 85.4 Å². The molecule has 0 amide bonds. The summed E-state index contributed by atoms with van der Waals surface area (Å²) < 4.78 is 0. The second-order valence-electron chi connectivity index (χ2n) is 0. The van der Waals surface area contributed by atoms with Gasteiger partial charge < -0.3 is 16.1 Å². The van der Waals surface area contributed by atoms with E-state index < -0.39 is 0 Å². The molecule has 6 heavy (non-hydrogen) atoms. The Morgan fingerprint density at radius 2 is 1.00 bits per heavy atom. The van der Waals surface area contributed by atoms with E-state index in [0.29, 0.717) is 0 Å². The molecule has 0 aromatic rings. The molecule has 0 aliphatic rings. The van der Waals surface area contributed by atoms with Crippen LogP contribution in [-0.4, -0.2) is 41.1 Å². The third kappa shape index (κ3) is 33.6. The molecule has 0 rings (SSSR count). The molecule has 0 fully saturated rings. The van der Waals surface area contributed by atoms with Crippen LogP contribution in [-0.2, 0) is 0 Å². The minimum Gasteiger partial charge on any atom is -0.870 e. The second-order valence-corrected chi connectivity index (χ2v) is 0. The molecular formula is CH5KMgO3. The predicted molar refractivity (Wildman–Crippen MR) is 15.5 cm³/mol. The van der Waals surface area contributed by atoms with Crippen LogP contribution in [0.15, 0.2) is 0 Å². The molecule has 0 saturated carbocycles. The Bertz CT molecular complexity index is 10.8. The predicted octanol–water partition coefficient (Wildman–Crippen LogP) is -4.75. The fourth-order valence-corrected chi connectivity index (χ4v) is 0. The van der Waals surface area contributed by atoms with Crippen LogP contribution in [0.1, 0.15) is 0 Å². The van der Waals surface area contributed by atoms with Crippen molar-refractivity contribution in [3.8, 4) is 0 Å². The average Bonchev–Trinajstić information content (AvgIpc) is 1.00. The molecule has 0 spiro atoms. The molecule has 0 aromatic heterocycles. The Morgan fingerprint density at radius 3 is 1.00 bits per heavy atom. The van der Waals surface area contributed by atoms with Crippen molar-refractivity contribution in [1.82, 2.24) is 0 Å². The first kappa shape index (κ1) is 40.8. The molecule has 3 nitrogen and oxygen atoms in total. The van der Waals surface area contributed by atoms with Gasteiger partial charge in [-0.3, -0.25) is 0 Å². The van der Waals surface area contributed by atoms with Gasteiger partial charge in [-0.25, -0.2) is 0 Å². The van der Waals surface area contributed by atoms with Crippen LogP contribution in [0, 0.1) is 0 Å². The molecule has 0 aliphatic heterocycles. The molecule has 0 bridgehead atoms. The van der Waals surface area contributed by atoms with Crippen molar-refractivity contribution in [2.45, 2.75) is 0 Å². The summed E-state index contributed by atoms with van der Waals surface area (Å²) in [6.07, 6.45) is 0. The Balaban J connectivity index is -0.000000000833. The molecule has 0 heterocycles. The zero-order chi connectivity index (χ0) is 2.00. The van der Waals surface area contributed by atoms with Gasteiger partial charge in [-0.1, -0.05) is 0 Å². The Morgan fingerprint density at radius 1 is 1.00 bits per heavy atom. The third-order valence-electron chi connectivity index (χ3n) is 0. The van der Waals surface area contributed by atoms with Gasteiger partial charge in [-0.05, 0) is 0 Å². The van der Waals surface area contributed by atoms with E-state index in [1.165, 1.54) is 0 Å². The minimum atomic E-state index is 0. The summed E-state index contributed by atoms with van der Waals surface area (Å²) in [6, 6.07) is 0. The largest absolute Gasteiger partial charge is 2.00 e. The first-order valence-electron chi connectivity index (χ1n) is 0.408. The van der Waals surface area contributed by atoms with Gasteiger partial charge in [0, 0.05) is 0 Å². The number of hydrogen-bond donors (Lipinski definition) is 0. The summed E-state index contributed by atoms with van der Waals surface area (Å²) in [4.78, 5) is 0. The molecule has 0 unspecified atom stereocenters. The van der Waals surface area contributed by atoms with Crippen molar-refractivity contribution >= 4 is 23.1 Å². The normalized spacial score (nSPS) is 1.00. The molecule has 30 valence electrons. The molecule has 0 atom stereocenters. The fourth-order valence-electron chi connectivity index (χ4n) is 0. The number of hydrogen-bond acceptors (Lipinski definition) is 3. The van der Waals surface area contributed by atoms with E-state index in [2.05, 4.69) is 0 Å². The Hall–Kier alpha value is 2.28. The van der Waals surface area contributed by atoms with Crippen LogP contribution in [0.25, 0.3) is 0 Å². The Kier molecular flexibility index (Phi) is 375. The quantitative estimate of drug-likeness (QED) is 0.307. The van der Waals surface area contributed by atoms with Gasteiger partial charge in [0.25, 0.3) is 0 Å². The molecule has 5 heteroatoms. The Labute approximate surface area is 95.7 Å². The third-order valence-corrected chi connectivity index (χ3v) is 0. The zero-order valence-corrected chi connectivity index (χ0v) is 8.55. The van der Waals surface area contributed by atoms with Crippen molar-refractivity contribution in [3.63, 3.8) is 0 Å². The van der Waals surface area contributed by atoms with Gasteiger partial charge in [-0.15, -0.1) is 0 Å². The molecule has 0 radical (unpaired) electrons. The topological polar surface area (TPSA) is 83.1 Å². The van der Waals surface area contributed by atoms with Crippen LogP contribution in [0.5, 0.6) is 0 Å². The minimum absolute atomic E-state index is 0. The summed E-state index contributed by atoms with van der Waals surface area (Å²) in [6.45, 7) is 0. The summed E-state index contributed by atoms with van der Waals surface area (Å²) >= 11 is 0. The van der Waals surface area contributed by atoms with Gasteiger partial charge in [0.05, 0.1) is 0 Å². The van der Waals surface area contributed by atoms with Gasteiger partial charge in [0.1, 0.15) is 0 Å². The summed E-state index contributed by atoms with van der Waals surface area (Å²) in [7, 11) is 0.750. The van der Waals surface area contributed by atoms with Crippen molar-refractivity contribution in [2.24, 2.45) is 0 Å². The molecule has 0 aliphatic carbocycles. The maximum Gasteiger partial charge on any atom is 2.00 e. The second kappa shape index (κ2) is 55.2. The van der Waals surface area contributed by atoms with E-state index in [1.54, 1.807) is 0 Å². The fraction of sp³-hybridized carbons (Fsp3) is 1.00. The molecule has 0 saturated heterocycles. The smallest absolute Gasteiger partial charge is 0.870 e. The van der Waals surface area contributed by atoms with E-state index in [9.17, 15) is 0 Å². The van der Waals surface area contributed by atoms with E-state index in [4.69, 9.17) is 5.11 Å². The van der Waals surface area contributed by atoms with Crippen molar-refractivity contribution in [1.29, 1.82) is 0 Å². The molecular weight excluding hydrogens is 123 g/mol. The van der Waals surface area contributed by atoms with Gasteiger partial charge in [0.15, 0.2) is 0 Å².